The van der Waals surface area contributed by atoms with Gasteiger partial charge in [-0.15, -0.1) is 0 Å². The molecular formula is C12H11Cl3O2. The van der Waals surface area contributed by atoms with Crippen LogP contribution in [0.15, 0.2) is 24.3 Å². The smallest absolute Gasteiger partial charge is 0.319 e. The van der Waals surface area contributed by atoms with Crippen LogP contribution < -0.4 is 0 Å². The number of halogens is 3. The van der Waals surface area contributed by atoms with Gasteiger partial charge in [0.1, 0.15) is 9.75 Å². The summed E-state index contributed by atoms with van der Waals surface area (Å²) in [5, 5.41) is 0.600. The Morgan fingerprint density at radius 3 is 2.29 bits per heavy atom. The number of alkyl halides is 2. The summed E-state index contributed by atoms with van der Waals surface area (Å²) in [5.74, 6) is -0.382. The summed E-state index contributed by atoms with van der Waals surface area (Å²) in [7, 11) is 0. The second-order valence-electron chi connectivity index (χ2n) is 4.01. The molecule has 2 rings (SSSR count). The van der Waals surface area contributed by atoms with Crippen molar-refractivity contribution in [3.05, 3.63) is 34.9 Å². The number of hydrogen-bond acceptors (Lipinski definition) is 2. The topological polar surface area (TPSA) is 26.3 Å². The van der Waals surface area contributed by atoms with Gasteiger partial charge in [-0.1, -0.05) is 46.9 Å². The average molecular weight is 294 g/mol. The molecule has 1 aliphatic rings. The zero-order valence-electron chi connectivity index (χ0n) is 9.17. The number of rotatable bonds is 3. The Labute approximate surface area is 115 Å². The number of benzene rings is 1. The highest BCUT2D eigenvalue weighted by Crippen LogP contribution is 2.65. The highest BCUT2D eigenvalue weighted by molar-refractivity contribution is 6.54. The van der Waals surface area contributed by atoms with Crippen molar-refractivity contribution in [3.63, 3.8) is 0 Å². The minimum Gasteiger partial charge on any atom is -0.465 e. The van der Waals surface area contributed by atoms with Crippen molar-refractivity contribution < 1.29 is 9.53 Å². The normalized spacial score (nSPS) is 25.4. The van der Waals surface area contributed by atoms with E-state index >= 15 is 0 Å². The molecule has 0 amide bonds. The van der Waals surface area contributed by atoms with Gasteiger partial charge in [0.2, 0.25) is 0 Å². The van der Waals surface area contributed by atoms with E-state index in [1.54, 1.807) is 31.2 Å². The lowest BCUT2D eigenvalue weighted by Gasteiger charge is -2.16. The first kappa shape index (κ1) is 13.0. The van der Waals surface area contributed by atoms with Crippen LogP contribution in [0.5, 0.6) is 0 Å². The van der Waals surface area contributed by atoms with E-state index in [1.165, 1.54) is 0 Å². The van der Waals surface area contributed by atoms with Gasteiger partial charge in [-0.25, -0.2) is 0 Å². The largest absolute Gasteiger partial charge is 0.465 e. The zero-order valence-corrected chi connectivity index (χ0v) is 11.4. The van der Waals surface area contributed by atoms with E-state index in [0.717, 1.165) is 5.56 Å². The van der Waals surface area contributed by atoms with Crippen LogP contribution >= 0.6 is 34.8 Å². The van der Waals surface area contributed by atoms with Crippen LogP contribution in [0.1, 0.15) is 18.9 Å². The lowest BCUT2D eigenvalue weighted by atomic mass is 9.96. The van der Waals surface area contributed by atoms with Gasteiger partial charge in [-0.3, -0.25) is 4.79 Å². The number of carbonyl (C=O) groups is 1. The Morgan fingerprint density at radius 1 is 1.35 bits per heavy atom. The van der Waals surface area contributed by atoms with Crippen molar-refractivity contribution in [1.29, 1.82) is 0 Å². The van der Waals surface area contributed by atoms with Gasteiger partial charge in [-0.2, -0.15) is 0 Å². The second kappa shape index (κ2) is 4.34. The molecule has 1 atom stereocenters. The SMILES string of the molecule is CCOC(=O)C1(c2ccc(Cl)cc2)CC1(Cl)Cl. The highest BCUT2D eigenvalue weighted by atomic mass is 35.5. The molecule has 0 radical (unpaired) electrons. The predicted molar refractivity (Wildman–Crippen MR) is 68.8 cm³/mol. The van der Waals surface area contributed by atoms with Crippen LogP contribution in [-0.2, 0) is 14.9 Å². The van der Waals surface area contributed by atoms with Gasteiger partial charge in [0.25, 0.3) is 0 Å². The molecule has 1 aliphatic carbocycles. The number of ether oxygens (including phenoxy) is 1. The molecule has 0 aliphatic heterocycles. The minimum atomic E-state index is -1.09. The van der Waals surface area contributed by atoms with Crippen LogP contribution in [0.3, 0.4) is 0 Å². The predicted octanol–water partition coefficient (Wildman–Crippen LogP) is 3.72. The van der Waals surface area contributed by atoms with Crippen molar-refractivity contribution in [2.24, 2.45) is 0 Å². The Hall–Kier alpha value is -0.440. The van der Waals surface area contributed by atoms with Gasteiger partial charge < -0.3 is 4.74 Å². The molecule has 2 nitrogen and oxygen atoms in total. The first-order valence-corrected chi connectivity index (χ1v) is 6.38. The number of esters is 1. The molecule has 1 unspecified atom stereocenters. The molecule has 0 bridgehead atoms. The van der Waals surface area contributed by atoms with Crippen molar-refractivity contribution in [1.82, 2.24) is 0 Å². The number of carbonyl (C=O) groups excluding carboxylic acids is 1. The summed E-state index contributed by atoms with van der Waals surface area (Å²) >= 11 is 18.0. The molecule has 0 spiro atoms. The maximum absolute atomic E-state index is 12.0. The van der Waals surface area contributed by atoms with Gasteiger partial charge in [-0.05, 0) is 24.6 Å². The quantitative estimate of drug-likeness (QED) is 0.627. The number of hydrogen-bond donors (Lipinski definition) is 0. The lowest BCUT2D eigenvalue weighted by Crippen LogP contribution is -2.28. The summed E-state index contributed by atoms with van der Waals surface area (Å²) < 4.78 is 3.96. The molecular weight excluding hydrogens is 282 g/mol. The Kier molecular flexibility index (Phi) is 3.32. The standard InChI is InChI=1S/C12H11Cl3O2/c1-2-17-10(16)11(7-12(11,14)15)8-3-5-9(13)6-4-8/h3-6H,2,7H2,1H3. The fourth-order valence-electron chi connectivity index (χ4n) is 1.93. The minimum absolute atomic E-state index is 0.304. The monoisotopic (exact) mass is 292 g/mol. The van der Waals surface area contributed by atoms with Crippen molar-refractivity contribution in [2.75, 3.05) is 6.61 Å². The Morgan fingerprint density at radius 2 is 1.88 bits per heavy atom. The van der Waals surface area contributed by atoms with E-state index in [0.29, 0.717) is 18.1 Å². The summed E-state index contributed by atoms with van der Waals surface area (Å²) in [6, 6.07) is 6.93. The van der Waals surface area contributed by atoms with Gasteiger partial charge in [0.15, 0.2) is 0 Å². The molecule has 0 saturated heterocycles. The van der Waals surface area contributed by atoms with Crippen molar-refractivity contribution in [3.8, 4) is 0 Å². The fraction of sp³-hybridized carbons (Fsp3) is 0.417. The molecule has 1 saturated carbocycles. The van der Waals surface area contributed by atoms with E-state index in [2.05, 4.69) is 0 Å². The maximum Gasteiger partial charge on any atom is 0.319 e. The Balaban J connectivity index is 2.37. The third-order valence-electron chi connectivity index (χ3n) is 2.95. The summed E-state index contributed by atoms with van der Waals surface area (Å²) in [5.41, 5.74) is -0.207. The molecule has 1 fully saturated rings. The summed E-state index contributed by atoms with van der Waals surface area (Å²) in [6.07, 6.45) is 0.365. The molecule has 17 heavy (non-hydrogen) atoms. The van der Waals surface area contributed by atoms with Crippen LogP contribution in [0.4, 0.5) is 0 Å². The molecule has 0 N–H and O–H groups in total. The molecule has 0 aromatic heterocycles. The van der Waals surface area contributed by atoms with E-state index in [1.807, 2.05) is 0 Å². The Bertz CT molecular complexity index is 442. The first-order valence-electron chi connectivity index (χ1n) is 5.25. The van der Waals surface area contributed by atoms with Gasteiger partial charge in [0.05, 0.1) is 6.61 Å². The van der Waals surface area contributed by atoms with E-state index in [9.17, 15) is 4.79 Å². The summed E-state index contributed by atoms with van der Waals surface area (Å²) in [4.78, 5) is 12.0. The molecule has 92 valence electrons. The van der Waals surface area contributed by atoms with E-state index in [4.69, 9.17) is 39.5 Å². The highest BCUT2D eigenvalue weighted by Gasteiger charge is 2.73. The van der Waals surface area contributed by atoms with Crippen LogP contribution in [0, 0.1) is 0 Å². The van der Waals surface area contributed by atoms with Gasteiger partial charge in [0, 0.05) is 11.4 Å². The van der Waals surface area contributed by atoms with E-state index < -0.39 is 9.75 Å². The summed E-state index contributed by atoms with van der Waals surface area (Å²) in [6.45, 7) is 2.05. The van der Waals surface area contributed by atoms with Crippen LogP contribution in [-0.4, -0.2) is 16.9 Å². The van der Waals surface area contributed by atoms with Crippen molar-refractivity contribution in [2.45, 2.75) is 23.1 Å². The van der Waals surface area contributed by atoms with Gasteiger partial charge >= 0.3 is 5.97 Å². The lowest BCUT2D eigenvalue weighted by molar-refractivity contribution is -0.146. The second-order valence-corrected chi connectivity index (χ2v) is 5.93. The molecule has 1 aromatic rings. The van der Waals surface area contributed by atoms with Crippen LogP contribution in [0.2, 0.25) is 5.02 Å². The third kappa shape index (κ3) is 2.03. The zero-order chi connectivity index (χ0) is 12.7. The fourth-order valence-corrected chi connectivity index (χ4v) is 2.83. The van der Waals surface area contributed by atoms with E-state index in [-0.39, 0.29) is 5.97 Å². The maximum atomic E-state index is 12.0. The third-order valence-corrected chi connectivity index (χ3v) is 4.11. The molecule has 0 heterocycles. The van der Waals surface area contributed by atoms with Crippen molar-refractivity contribution >= 4 is 40.8 Å². The molecule has 1 aromatic carbocycles. The first-order chi connectivity index (χ1) is 7.94. The average Bonchev–Trinajstić information content (AvgIpc) is 2.84. The molecule has 5 heteroatoms. The van der Waals surface area contributed by atoms with Crippen LogP contribution in [0.25, 0.3) is 0 Å².